The van der Waals surface area contributed by atoms with Crippen molar-refractivity contribution in [2.75, 3.05) is 18.0 Å². The van der Waals surface area contributed by atoms with Gasteiger partial charge in [0.15, 0.2) is 0 Å². The lowest BCUT2D eigenvalue weighted by atomic mass is 10.1. The van der Waals surface area contributed by atoms with E-state index in [0.29, 0.717) is 16.5 Å². The largest absolute Gasteiger partial charge is 0.478 e. The number of aromatic carboxylic acids is 1. The van der Waals surface area contributed by atoms with Gasteiger partial charge in [0.1, 0.15) is 11.4 Å². The molecule has 1 N–H and O–H groups in total. The summed E-state index contributed by atoms with van der Waals surface area (Å²) in [7, 11) is 0. The lowest BCUT2D eigenvalue weighted by Crippen LogP contribution is -2.31. The molecular formula is C12H15ClN2O2. The number of aromatic nitrogens is 1. The molecule has 1 fully saturated rings. The van der Waals surface area contributed by atoms with Crippen LogP contribution < -0.4 is 4.90 Å². The van der Waals surface area contributed by atoms with Crippen molar-refractivity contribution in [2.24, 2.45) is 0 Å². The second kappa shape index (κ2) is 4.92. The topological polar surface area (TPSA) is 53.4 Å². The first-order chi connectivity index (χ1) is 8.09. The molecule has 1 aliphatic heterocycles. The van der Waals surface area contributed by atoms with Gasteiger partial charge in [-0.2, -0.15) is 0 Å². The molecule has 0 atom stereocenters. The number of carboxylic acids is 1. The van der Waals surface area contributed by atoms with Crippen LogP contribution in [0.25, 0.3) is 0 Å². The zero-order valence-corrected chi connectivity index (χ0v) is 10.5. The van der Waals surface area contributed by atoms with Crippen LogP contribution >= 0.6 is 11.6 Å². The minimum atomic E-state index is -0.972. The Bertz CT molecular complexity index is 442. The van der Waals surface area contributed by atoms with Crippen molar-refractivity contribution in [3.63, 3.8) is 0 Å². The van der Waals surface area contributed by atoms with Crippen LogP contribution in [-0.4, -0.2) is 29.1 Å². The van der Waals surface area contributed by atoms with Gasteiger partial charge in [0.25, 0.3) is 0 Å². The van der Waals surface area contributed by atoms with Crippen LogP contribution in [0.5, 0.6) is 0 Å². The molecule has 1 aromatic heterocycles. The second-order valence-electron chi connectivity index (χ2n) is 4.28. The maximum absolute atomic E-state index is 11.2. The highest BCUT2D eigenvalue weighted by Gasteiger charge is 2.21. The molecule has 4 nitrogen and oxygen atoms in total. The van der Waals surface area contributed by atoms with E-state index in [-0.39, 0.29) is 5.56 Å². The molecule has 2 heterocycles. The summed E-state index contributed by atoms with van der Waals surface area (Å²) >= 11 is 5.92. The SMILES string of the molecule is Cc1nc(N2CCCCC2)c(C(=O)O)cc1Cl. The van der Waals surface area contributed by atoms with Crippen LogP contribution in [0.3, 0.4) is 0 Å². The first-order valence-electron chi connectivity index (χ1n) is 5.75. The quantitative estimate of drug-likeness (QED) is 0.882. The summed E-state index contributed by atoms with van der Waals surface area (Å²) in [6.07, 6.45) is 3.37. The summed E-state index contributed by atoms with van der Waals surface area (Å²) in [5.74, 6) is -0.418. The van der Waals surface area contributed by atoms with Crippen molar-refractivity contribution in [2.45, 2.75) is 26.2 Å². The van der Waals surface area contributed by atoms with E-state index >= 15 is 0 Å². The molecule has 17 heavy (non-hydrogen) atoms. The molecule has 0 bridgehead atoms. The zero-order valence-electron chi connectivity index (χ0n) is 9.74. The Morgan fingerprint density at radius 1 is 1.41 bits per heavy atom. The van der Waals surface area contributed by atoms with Gasteiger partial charge in [0.2, 0.25) is 0 Å². The van der Waals surface area contributed by atoms with Gasteiger partial charge in [0.05, 0.1) is 10.7 Å². The van der Waals surface area contributed by atoms with Gasteiger partial charge in [0, 0.05) is 13.1 Å². The third-order valence-electron chi connectivity index (χ3n) is 3.02. The summed E-state index contributed by atoms with van der Waals surface area (Å²) in [5.41, 5.74) is 0.875. The Morgan fingerprint density at radius 2 is 2.06 bits per heavy atom. The Kier molecular flexibility index (Phi) is 3.52. The van der Waals surface area contributed by atoms with Gasteiger partial charge in [-0.05, 0) is 32.3 Å². The predicted octanol–water partition coefficient (Wildman–Crippen LogP) is 2.73. The third kappa shape index (κ3) is 2.52. The number of carboxylic acid groups (broad SMARTS) is 1. The maximum Gasteiger partial charge on any atom is 0.339 e. The number of halogens is 1. The molecule has 1 aliphatic rings. The normalized spacial score (nSPS) is 16.0. The molecule has 0 radical (unpaired) electrons. The minimum absolute atomic E-state index is 0.197. The van der Waals surface area contributed by atoms with Crippen molar-refractivity contribution in [3.05, 3.63) is 22.3 Å². The smallest absolute Gasteiger partial charge is 0.339 e. The van der Waals surface area contributed by atoms with Crippen LogP contribution in [0.1, 0.15) is 35.3 Å². The van der Waals surface area contributed by atoms with E-state index < -0.39 is 5.97 Å². The van der Waals surface area contributed by atoms with E-state index in [1.165, 1.54) is 12.5 Å². The number of aryl methyl sites for hydroxylation is 1. The minimum Gasteiger partial charge on any atom is -0.478 e. The van der Waals surface area contributed by atoms with E-state index in [2.05, 4.69) is 4.98 Å². The van der Waals surface area contributed by atoms with E-state index in [9.17, 15) is 9.90 Å². The molecule has 0 aliphatic carbocycles. The Hall–Kier alpha value is -1.29. The van der Waals surface area contributed by atoms with Gasteiger partial charge in [-0.25, -0.2) is 9.78 Å². The monoisotopic (exact) mass is 254 g/mol. The maximum atomic E-state index is 11.2. The molecule has 1 aromatic rings. The van der Waals surface area contributed by atoms with E-state index in [0.717, 1.165) is 25.9 Å². The molecular weight excluding hydrogens is 240 g/mol. The summed E-state index contributed by atoms with van der Waals surface area (Å²) in [6.45, 7) is 3.53. The first kappa shape index (κ1) is 12.2. The standard InChI is InChI=1S/C12H15ClN2O2/c1-8-10(13)7-9(12(16)17)11(14-8)15-5-3-2-4-6-15/h7H,2-6H2,1H3,(H,16,17). The highest BCUT2D eigenvalue weighted by molar-refractivity contribution is 6.31. The number of carbonyl (C=O) groups is 1. The number of hydrogen-bond acceptors (Lipinski definition) is 3. The van der Waals surface area contributed by atoms with Gasteiger partial charge < -0.3 is 10.0 Å². The van der Waals surface area contributed by atoms with Crippen molar-refractivity contribution in [1.82, 2.24) is 4.98 Å². The lowest BCUT2D eigenvalue weighted by Gasteiger charge is -2.29. The molecule has 5 heteroatoms. The van der Waals surface area contributed by atoms with Gasteiger partial charge in [-0.15, -0.1) is 0 Å². The first-order valence-corrected chi connectivity index (χ1v) is 6.13. The zero-order chi connectivity index (χ0) is 12.4. The van der Waals surface area contributed by atoms with Crippen LogP contribution in [0.4, 0.5) is 5.82 Å². The molecule has 2 rings (SSSR count). The van der Waals surface area contributed by atoms with Crippen LogP contribution in [0, 0.1) is 6.92 Å². The highest BCUT2D eigenvalue weighted by atomic mass is 35.5. The number of nitrogens with zero attached hydrogens (tertiary/aromatic N) is 2. The van der Waals surface area contributed by atoms with Gasteiger partial charge in [-0.3, -0.25) is 0 Å². The summed E-state index contributed by atoms with van der Waals surface area (Å²) < 4.78 is 0. The number of pyridine rings is 1. The van der Waals surface area contributed by atoms with E-state index in [1.54, 1.807) is 6.92 Å². The summed E-state index contributed by atoms with van der Waals surface area (Å²) in [4.78, 5) is 17.6. The highest BCUT2D eigenvalue weighted by Crippen LogP contribution is 2.26. The molecule has 0 saturated carbocycles. The Labute approximate surface area is 105 Å². The average molecular weight is 255 g/mol. The fourth-order valence-corrected chi connectivity index (χ4v) is 2.22. The predicted molar refractivity (Wildman–Crippen MR) is 67.0 cm³/mol. The molecule has 92 valence electrons. The summed E-state index contributed by atoms with van der Waals surface area (Å²) in [5, 5.41) is 9.59. The van der Waals surface area contributed by atoms with Crippen molar-refractivity contribution >= 4 is 23.4 Å². The van der Waals surface area contributed by atoms with E-state index in [1.807, 2.05) is 4.90 Å². The van der Waals surface area contributed by atoms with Crippen LogP contribution in [-0.2, 0) is 0 Å². The molecule has 1 saturated heterocycles. The molecule has 0 amide bonds. The average Bonchev–Trinajstić information content (AvgIpc) is 2.33. The third-order valence-corrected chi connectivity index (χ3v) is 3.40. The van der Waals surface area contributed by atoms with Crippen molar-refractivity contribution < 1.29 is 9.90 Å². The van der Waals surface area contributed by atoms with Crippen LogP contribution in [0.2, 0.25) is 5.02 Å². The van der Waals surface area contributed by atoms with Gasteiger partial charge >= 0.3 is 5.97 Å². The Balaban J connectivity index is 2.42. The number of piperidine rings is 1. The van der Waals surface area contributed by atoms with Crippen molar-refractivity contribution in [3.8, 4) is 0 Å². The fraction of sp³-hybridized carbons (Fsp3) is 0.500. The van der Waals surface area contributed by atoms with E-state index in [4.69, 9.17) is 11.6 Å². The van der Waals surface area contributed by atoms with Crippen molar-refractivity contribution in [1.29, 1.82) is 0 Å². The van der Waals surface area contributed by atoms with Gasteiger partial charge in [-0.1, -0.05) is 11.6 Å². The second-order valence-corrected chi connectivity index (χ2v) is 4.69. The number of hydrogen-bond donors (Lipinski definition) is 1. The fourth-order valence-electron chi connectivity index (χ4n) is 2.07. The molecule has 0 unspecified atom stereocenters. The lowest BCUT2D eigenvalue weighted by molar-refractivity contribution is 0.0697. The number of rotatable bonds is 2. The molecule has 0 aromatic carbocycles. The number of anilines is 1. The van der Waals surface area contributed by atoms with Crippen LogP contribution in [0.15, 0.2) is 6.07 Å². The molecule has 0 spiro atoms. The summed E-state index contributed by atoms with van der Waals surface area (Å²) in [6, 6.07) is 1.50. The Morgan fingerprint density at radius 3 is 2.65 bits per heavy atom.